The molecule has 0 spiro atoms. The number of piperazine rings is 1. The summed E-state index contributed by atoms with van der Waals surface area (Å²) in [5.74, 6) is 1.95. The fraction of sp³-hybridized carbons (Fsp3) is 0.400. The summed E-state index contributed by atoms with van der Waals surface area (Å²) in [7, 11) is 0. The molecule has 1 saturated heterocycles. The summed E-state index contributed by atoms with van der Waals surface area (Å²) in [6.07, 6.45) is 3.22. The molecular weight excluding hydrogens is 374 g/mol. The number of rotatable bonds is 5. The Balaban J connectivity index is 1.73. The van der Waals surface area contributed by atoms with Crippen molar-refractivity contribution in [1.82, 2.24) is 19.9 Å². The van der Waals surface area contributed by atoms with E-state index in [1.165, 1.54) is 6.33 Å². The van der Waals surface area contributed by atoms with Crippen molar-refractivity contribution in [3.05, 3.63) is 29.1 Å². The van der Waals surface area contributed by atoms with Crippen molar-refractivity contribution in [3.63, 3.8) is 0 Å². The van der Waals surface area contributed by atoms with Crippen LogP contribution >= 0.6 is 15.9 Å². The zero-order valence-corrected chi connectivity index (χ0v) is 14.8. The first-order valence-corrected chi connectivity index (χ1v) is 8.54. The number of pyridine rings is 1. The number of β-amino-alcohol motifs (C(OH)–C–C–N with tert-alkyl or cyclic N) is 1. The highest BCUT2D eigenvalue weighted by molar-refractivity contribution is 9.10. The molecule has 0 unspecified atom stereocenters. The van der Waals surface area contributed by atoms with E-state index in [1.54, 1.807) is 6.20 Å². The van der Waals surface area contributed by atoms with Crippen molar-refractivity contribution >= 4 is 39.1 Å². The van der Waals surface area contributed by atoms with Crippen LogP contribution < -0.4 is 16.0 Å². The zero-order valence-electron chi connectivity index (χ0n) is 13.2. The quantitative estimate of drug-likeness (QED) is 0.692. The number of nitrogen functional groups attached to an aromatic ring is 1. The molecule has 0 bridgehead atoms. The number of hydrogen-bond acceptors (Lipinski definition) is 8. The monoisotopic (exact) mass is 393 g/mol. The van der Waals surface area contributed by atoms with Gasteiger partial charge in [-0.25, -0.2) is 15.0 Å². The van der Waals surface area contributed by atoms with Crippen LogP contribution in [0.3, 0.4) is 0 Å². The lowest BCUT2D eigenvalue weighted by Crippen LogP contribution is -2.47. The van der Waals surface area contributed by atoms with Crippen molar-refractivity contribution < 1.29 is 5.11 Å². The smallest absolute Gasteiger partial charge is 0.160 e. The molecule has 2 aromatic heterocycles. The van der Waals surface area contributed by atoms with Gasteiger partial charge in [-0.1, -0.05) is 0 Å². The predicted octanol–water partition coefficient (Wildman–Crippen LogP) is 1.07. The maximum Gasteiger partial charge on any atom is 0.160 e. The topological polar surface area (TPSA) is 103 Å². The molecule has 1 aliphatic heterocycles. The van der Waals surface area contributed by atoms with Crippen molar-refractivity contribution in [1.29, 1.82) is 0 Å². The van der Waals surface area contributed by atoms with Crippen LogP contribution in [0.25, 0.3) is 0 Å². The van der Waals surface area contributed by atoms with E-state index in [9.17, 15) is 0 Å². The molecule has 4 N–H and O–H groups in total. The van der Waals surface area contributed by atoms with Crippen LogP contribution in [0.15, 0.2) is 29.1 Å². The molecule has 0 aliphatic carbocycles. The Morgan fingerprint density at radius 3 is 2.62 bits per heavy atom. The number of aliphatic hydroxyl groups excluding tert-OH is 1. The third-order valence-corrected chi connectivity index (χ3v) is 4.39. The van der Waals surface area contributed by atoms with Crippen molar-refractivity contribution in [2.24, 2.45) is 0 Å². The van der Waals surface area contributed by atoms with Gasteiger partial charge in [0.05, 0.1) is 6.61 Å². The number of anilines is 4. The Morgan fingerprint density at radius 1 is 1.17 bits per heavy atom. The number of nitrogens with two attached hydrogens (primary N) is 1. The summed E-state index contributed by atoms with van der Waals surface area (Å²) in [5, 5.41) is 12.2. The summed E-state index contributed by atoms with van der Waals surface area (Å²) in [4.78, 5) is 17.2. The minimum atomic E-state index is 0.184. The van der Waals surface area contributed by atoms with Gasteiger partial charge in [0.1, 0.15) is 17.8 Å². The molecule has 1 aliphatic rings. The standard InChI is InChI=1S/C15H20BrN7O/c16-11-1-2-12(18-9-11)21-14-13(17)15(20-10-19-14)23-5-3-22(4-6-23)7-8-24/h1-2,9-10,24H,3-8,17H2,(H,18,19,20,21). The largest absolute Gasteiger partial charge is 0.395 e. The Kier molecular flexibility index (Phi) is 5.44. The van der Waals surface area contributed by atoms with E-state index in [1.807, 2.05) is 12.1 Å². The normalized spacial score (nSPS) is 15.5. The highest BCUT2D eigenvalue weighted by Crippen LogP contribution is 2.28. The number of halogens is 1. The molecule has 0 atom stereocenters. The lowest BCUT2D eigenvalue weighted by atomic mass is 10.3. The summed E-state index contributed by atoms with van der Waals surface area (Å²) >= 11 is 3.36. The average molecular weight is 394 g/mol. The second kappa shape index (κ2) is 7.73. The number of nitrogens with zero attached hydrogens (tertiary/aromatic N) is 5. The summed E-state index contributed by atoms with van der Waals surface area (Å²) in [5.41, 5.74) is 6.78. The van der Waals surface area contributed by atoms with E-state index in [0.29, 0.717) is 23.9 Å². The summed E-state index contributed by atoms with van der Waals surface area (Å²) in [6.45, 7) is 4.27. The maximum atomic E-state index is 9.03. The minimum absolute atomic E-state index is 0.184. The van der Waals surface area contributed by atoms with Crippen LogP contribution in [0.2, 0.25) is 0 Å². The van der Waals surface area contributed by atoms with Crippen molar-refractivity contribution in [3.8, 4) is 0 Å². The number of aliphatic hydroxyl groups is 1. The van der Waals surface area contributed by atoms with Gasteiger partial charge in [0, 0.05) is 43.4 Å². The first-order valence-electron chi connectivity index (χ1n) is 7.74. The summed E-state index contributed by atoms with van der Waals surface area (Å²) in [6, 6.07) is 3.74. The average Bonchev–Trinajstić information content (AvgIpc) is 2.60. The van der Waals surface area contributed by atoms with E-state index in [4.69, 9.17) is 10.8 Å². The van der Waals surface area contributed by atoms with Crippen molar-refractivity contribution in [2.75, 3.05) is 55.3 Å². The Hall–Kier alpha value is -1.97. The van der Waals surface area contributed by atoms with Crippen LogP contribution in [-0.2, 0) is 0 Å². The Labute approximate surface area is 148 Å². The lowest BCUT2D eigenvalue weighted by molar-refractivity contribution is 0.188. The first-order chi connectivity index (χ1) is 11.7. The van der Waals surface area contributed by atoms with Gasteiger partial charge < -0.3 is 21.1 Å². The van der Waals surface area contributed by atoms with Crippen LogP contribution in [-0.4, -0.2) is 64.3 Å². The highest BCUT2D eigenvalue weighted by atomic mass is 79.9. The predicted molar refractivity (Wildman–Crippen MR) is 97.4 cm³/mol. The van der Waals surface area contributed by atoms with Crippen LogP contribution in [0.5, 0.6) is 0 Å². The molecular formula is C15H20BrN7O. The van der Waals surface area contributed by atoms with E-state index in [0.717, 1.165) is 36.5 Å². The van der Waals surface area contributed by atoms with Gasteiger partial charge in [0.25, 0.3) is 0 Å². The SMILES string of the molecule is Nc1c(Nc2ccc(Br)cn2)ncnc1N1CCN(CCO)CC1. The highest BCUT2D eigenvalue weighted by Gasteiger charge is 2.21. The van der Waals surface area contributed by atoms with Crippen molar-refractivity contribution in [2.45, 2.75) is 0 Å². The first kappa shape index (κ1) is 16.9. The van der Waals surface area contributed by atoms with Gasteiger partial charge in [-0.3, -0.25) is 4.90 Å². The van der Waals surface area contributed by atoms with Gasteiger partial charge in [-0.15, -0.1) is 0 Å². The third kappa shape index (κ3) is 3.92. The van der Waals surface area contributed by atoms with Gasteiger partial charge >= 0.3 is 0 Å². The molecule has 3 heterocycles. The molecule has 0 saturated carbocycles. The fourth-order valence-electron chi connectivity index (χ4n) is 2.63. The fourth-order valence-corrected chi connectivity index (χ4v) is 2.87. The number of nitrogens with one attached hydrogen (secondary N) is 1. The molecule has 0 radical (unpaired) electrons. The molecule has 9 heteroatoms. The van der Waals surface area contributed by atoms with Gasteiger partial charge in [0.2, 0.25) is 0 Å². The van der Waals surface area contributed by atoms with Gasteiger partial charge in [-0.05, 0) is 28.1 Å². The van der Waals surface area contributed by atoms with E-state index < -0.39 is 0 Å². The molecule has 3 rings (SSSR count). The molecule has 2 aromatic rings. The molecule has 0 amide bonds. The minimum Gasteiger partial charge on any atom is -0.395 e. The Morgan fingerprint density at radius 2 is 1.96 bits per heavy atom. The van der Waals surface area contributed by atoms with Crippen LogP contribution in [0.4, 0.5) is 23.1 Å². The lowest BCUT2D eigenvalue weighted by Gasteiger charge is -2.35. The zero-order chi connectivity index (χ0) is 16.9. The summed E-state index contributed by atoms with van der Waals surface area (Å²) < 4.78 is 0.908. The molecule has 8 nitrogen and oxygen atoms in total. The molecule has 128 valence electrons. The van der Waals surface area contributed by atoms with Crippen LogP contribution in [0, 0.1) is 0 Å². The second-order valence-corrected chi connectivity index (χ2v) is 6.41. The van der Waals surface area contributed by atoms with Gasteiger partial charge in [-0.2, -0.15) is 0 Å². The number of aromatic nitrogens is 3. The second-order valence-electron chi connectivity index (χ2n) is 5.50. The van der Waals surface area contributed by atoms with E-state index in [2.05, 4.69) is 46.0 Å². The molecule has 1 fully saturated rings. The van der Waals surface area contributed by atoms with E-state index in [-0.39, 0.29) is 6.61 Å². The third-order valence-electron chi connectivity index (χ3n) is 3.92. The van der Waals surface area contributed by atoms with Crippen LogP contribution in [0.1, 0.15) is 0 Å². The molecule has 0 aromatic carbocycles. The molecule has 24 heavy (non-hydrogen) atoms. The van der Waals surface area contributed by atoms with E-state index >= 15 is 0 Å². The Bertz CT molecular complexity index is 674. The maximum absolute atomic E-state index is 9.03. The number of hydrogen-bond donors (Lipinski definition) is 3. The van der Waals surface area contributed by atoms with Gasteiger partial charge in [0.15, 0.2) is 11.6 Å².